The van der Waals surface area contributed by atoms with Crippen molar-refractivity contribution in [3.05, 3.63) is 52.7 Å². The molecule has 13 nitrogen and oxygen atoms in total. The van der Waals surface area contributed by atoms with Gasteiger partial charge in [0.25, 0.3) is 20.2 Å². The van der Waals surface area contributed by atoms with Crippen molar-refractivity contribution in [2.75, 3.05) is 0 Å². The molecule has 0 bridgehead atoms. The molecule has 3 rings (SSSR count). The fourth-order valence-electron chi connectivity index (χ4n) is 2.67. The number of benzene rings is 2. The van der Waals surface area contributed by atoms with Crippen LogP contribution in [-0.2, 0) is 20.2 Å². The Morgan fingerprint density at radius 2 is 1.58 bits per heavy atom. The molecule has 4 N–H and O–H groups in total. The summed E-state index contributed by atoms with van der Waals surface area (Å²) in [7, 11) is -9.27. The Bertz CT molecular complexity index is 1510. The number of hydrogen-bond acceptors (Lipinski definition) is 9. The zero-order chi connectivity index (χ0) is 24.7. The summed E-state index contributed by atoms with van der Waals surface area (Å²) in [5.41, 5.74) is -1.60. The molecule has 0 aliphatic rings. The fourth-order valence-corrected chi connectivity index (χ4v) is 4.25. The Morgan fingerprint density at radius 3 is 2.09 bits per heavy atom. The molecule has 1 aromatic heterocycles. The van der Waals surface area contributed by atoms with Gasteiger partial charge in [-0.15, -0.1) is 10.2 Å². The van der Waals surface area contributed by atoms with Gasteiger partial charge in [0.15, 0.2) is 5.69 Å². The minimum atomic E-state index is -4.78. The van der Waals surface area contributed by atoms with Crippen molar-refractivity contribution in [2.24, 2.45) is 10.2 Å². The minimum absolute atomic E-state index is 0.00385. The van der Waals surface area contributed by atoms with Gasteiger partial charge in [0.2, 0.25) is 11.6 Å². The average Bonchev–Trinajstić information content (AvgIpc) is 3.02. The van der Waals surface area contributed by atoms with Crippen LogP contribution in [0, 0.1) is 6.92 Å². The molecule has 33 heavy (non-hydrogen) atoms. The summed E-state index contributed by atoms with van der Waals surface area (Å²) >= 11 is 6.00. The number of carboxylic acids is 1. The van der Waals surface area contributed by atoms with E-state index >= 15 is 0 Å². The van der Waals surface area contributed by atoms with Gasteiger partial charge in [0.1, 0.15) is 10.6 Å². The number of hydrogen-bond donors (Lipinski definition) is 4. The molecule has 0 saturated heterocycles. The predicted molar refractivity (Wildman–Crippen MR) is 112 cm³/mol. The fraction of sp³-hybridized carbons (Fsp3) is 0.0588. The van der Waals surface area contributed by atoms with Crippen molar-refractivity contribution >= 4 is 49.2 Å². The second-order valence-electron chi connectivity index (χ2n) is 6.48. The summed E-state index contributed by atoms with van der Waals surface area (Å²) in [5.74, 6) is -2.47. The van der Waals surface area contributed by atoms with Crippen LogP contribution in [0.5, 0.6) is 5.88 Å². The molecule has 1 heterocycles. The first kappa shape index (κ1) is 24.3. The van der Waals surface area contributed by atoms with Crippen LogP contribution >= 0.6 is 11.6 Å². The van der Waals surface area contributed by atoms with E-state index in [9.17, 15) is 36.4 Å². The molecule has 0 aliphatic carbocycles. The van der Waals surface area contributed by atoms with Crippen LogP contribution < -0.4 is 0 Å². The quantitative estimate of drug-likeness (QED) is 0.277. The highest BCUT2D eigenvalue weighted by Crippen LogP contribution is 2.38. The number of aromatic nitrogens is 2. The van der Waals surface area contributed by atoms with E-state index in [1.54, 1.807) is 0 Å². The number of aromatic hydroxyl groups is 1. The highest BCUT2D eigenvalue weighted by atomic mass is 35.5. The Labute approximate surface area is 191 Å². The average molecular weight is 517 g/mol. The van der Waals surface area contributed by atoms with Gasteiger partial charge in [-0.3, -0.25) is 9.11 Å². The van der Waals surface area contributed by atoms with E-state index in [0.29, 0.717) is 10.2 Å². The van der Waals surface area contributed by atoms with E-state index in [2.05, 4.69) is 15.3 Å². The second kappa shape index (κ2) is 8.53. The predicted octanol–water partition coefficient (Wildman–Crippen LogP) is 3.15. The maximum atomic E-state index is 11.7. The first-order valence-corrected chi connectivity index (χ1v) is 11.8. The lowest BCUT2D eigenvalue weighted by atomic mass is 10.2. The van der Waals surface area contributed by atoms with E-state index in [0.717, 1.165) is 30.3 Å². The van der Waals surface area contributed by atoms with Gasteiger partial charge < -0.3 is 10.2 Å². The van der Waals surface area contributed by atoms with Crippen LogP contribution in [0.4, 0.5) is 11.4 Å². The first-order chi connectivity index (χ1) is 15.2. The normalized spacial score (nSPS) is 12.4. The number of aromatic carboxylic acids is 1. The maximum absolute atomic E-state index is 11.7. The zero-order valence-electron chi connectivity index (χ0n) is 16.3. The molecular formula is C17H13ClN4O9S2. The van der Waals surface area contributed by atoms with Gasteiger partial charge in [-0.25, -0.2) is 4.79 Å². The molecule has 174 valence electrons. The molecule has 2 aromatic carbocycles. The van der Waals surface area contributed by atoms with Crippen LogP contribution in [-0.4, -0.2) is 51.9 Å². The summed E-state index contributed by atoms with van der Waals surface area (Å²) in [6, 6.07) is 6.59. The van der Waals surface area contributed by atoms with E-state index < -0.39 is 58.9 Å². The van der Waals surface area contributed by atoms with Crippen molar-refractivity contribution < 1.29 is 40.9 Å². The van der Waals surface area contributed by atoms with Crippen LogP contribution in [0.25, 0.3) is 5.69 Å². The molecule has 0 amide bonds. The van der Waals surface area contributed by atoms with E-state index in [1.165, 1.54) is 13.0 Å². The number of azo groups is 1. The number of carbonyl (C=O) groups is 1. The van der Waals surface area contributed by atoms with Gasteiger partial charge >= 0.3 is 5.97 Å². The summed E-state index contributed by atoms with van der Waals surface area (Å²) in [5, 5.41) is 30.5. The smallest absolute Gasteiger partial charge is 0.358 e. The third-order valence-electron chi connectivity index (χ3n) is 4.12. The van der Waals surface area contributed by atoms with Gasteiger partial charge in [-0.05, 0) is 48.9 Å². The SMILES string of the molecule is Cc1cc(Cl)c(N=Nc2c(C(=O)O)nn(-c3ccc(S(=O)(=O)O)cc3)c2O)c(S(=O)(=O)O)c1. The van der Waals surface area contributed by atoms with Crippen molar-refractivity contribution in [3.8, 4) is 11.6 Å². The molecule has 0 radical (unpaired) electrons. The van der Waals surface area contributed by atoms with E-state index in [1.807, 2.05) is 0 Å². The van der Waals surface area contributed by atoms with Crippen molar-refractivity contribution in [1.29, 1.82) is 0 Å². The lowest BCUT2D eigenvalue weighted by Crippen LogP contribution is -2.02. The summed E-state index contributed by atoms with van der Waals surface area (Å²) in [4.78, 5) is 10.4. The first-order valence-electron chi connectivity index (χ1n) is 8.52. The van der Waals surface area contributed by atoms with Crippen molar-refractivity contribution in [2.45, 2.75) is 16.7 Å². The number of aryl methyl sites for hydroxylation is 1. The molecule has 0 unspecified atom stereocenters. The summed E-state index contributed by atoms with van der Waals surface area (Å²) in [6.45, 7) is 1.51. The van der Waals surface area contributed by atoms with E-state index in [4.69, 9.17) is 16.2 Å². The van der Waals surface area contributed by atoms with Crippen LogP contribution in [0.2, 0.25) is 5.02 Å². The largest absolute Gasteiger partial charge is 0.492 e. The molecule has 16 heteroatoms. The Balaban J connectivity index is 2.16. The standard InChI is InChI=1S/C17H13ClN4O9S2/c1-8-6-11(18)13(12(7-8)33(29,30)31)19-20-14-15(17(24)25)21-22(16(14)23)9-2-4-10(5-3-9)32(26,27)28/h2-7,23H,1H3,(H,24,25)(H,26,27,28)(H,29,30,31). The Morgan fingerprint density at radius 1 is 1.00 bits per heavy atom. The second-order valence-corrected chi connectivity index (χ2v) is 9.69. The highest BCUT2D eigenvalue weighted by molar-refractivity contribution is 7.86. The Kier molecular flexibility index (Phi) is 6.27. The van der Waals surface area contributed by atoms with Crippen molar-refractivity contribution in [3.63, 3.8) is 0 Å². The summed E-state index contributed by atoms with van der Waals surface area (Å²) in [6.07, 6.45) is 0. The summed E-state index contributed by atoms with van der Waals surface area (Å²) < 4.78 is 64.9. The molecule has 0 saturated carbocycles. The zero-order valence-corrected chi connectivity index (χ0v) is 18.7. The van der Waals surface area contributed by atoms with Crippen LogP contribution in [0.3, 0.4) is 0 Å². The molecule has 3 aromatic rings. The van der Waals surface area contributed by atoms with Crippen molar-refractivity contribution in [1.82, 2.24) is 9.78 Å². The van der Waals surface area contributed by atoms with Gasteiger partial charge in [-0.2, -0.15) is 26.6 Å². The molecule has 0 aliphatic heterocycles. The lowest BCUT2D eigenvalue weighted by molar-refractivity contribution is 0.0690. The molecule has 0 spiro atoms. The topological polar surface area (TPSA) is 209 Å². The van der Waals surface area contributed by atoms with Gasteiger partial charge in [0, 0.05) is 0 Å². The van der Waals surface area contributed by atoms with E-state index in [-0.39, 0.29) is 10.7 Å². The third-order valence-corrected chi connectivity index (χ3v) is 6.14. The monoisotopic (exact) mass is 516 g/mol. The number of halogens is 1. The van der Waals surface area contributed by atoms with Crippen LogP contribution in [0.1, 0.15) is 16.1 Å². The number of rotatable bonds is 6. The third kappa shape index (κ3) is 5.01. The van der Waals surface area contributed by atoms with Gasteiger partial charge in [-0.1, -0.05) is 11.6 Å². The lowest BCUT2D eigenvalue weighted by Gasteiger charge is -2.06. The minimum Gasteiger partial charge on any atom is -0.492 e. The Hall–Kier alpha value is -3.37. The molecular weight excluding hydrogens is 504 g/mol. The van der Waals surface area contributed by atoms with Crippen LogP contribution in [0.15, 0.2) is 56.4 Å². The maximum Gasteiger partial charge on any atom is 0.358 e. The number of nitrogens with zero attached hydrogens (tertiary/aromatic N) is 4. The number of carboxylic acid groups (broad SMARTS) is 1. The molecule has 0 atom stereocenters. The highest BCUT2D eigenvalue weighted by Gasteiger charge is 2.25. The molecule has 0 fully saturated rings. The van der Waals surface area contributed by atoms with Gasteiger partial charge in [0.05, 0.1) is 15.6 Å².